The quantitative estimate of drug-likeness (QED) is 0.194. The summed E-state index contributed by atoms with van der Waals surface area (Å²) in [5, 5.41) is 2.41. The van der Waals surface area contributed by atoms with E-state index in [9.17, 15) is 0 Å². The van der Waals surface area contributed by atoms with Gasteiger partial charge >= 0.3 is 0 Å². The molecule has 2 heterocycles. The Morgan fingerprint density at radius 2 is 0.761 bits per heavy atom. The van der Waals surface area contributed by atoms with Crippen LogP contribution in [0.4, 0.5) is 0 Å². The average molecular weight is 589 g/mol. The van der Waals surface area contributed by atoms with Crippen molar-refractivity contribution in [2.24, 2.45) is 0 Å². The molecule has 0 bridgehead atoms. The summed E-state index contributed by atoms with van der Waals surface area (Å²) >= 11 is 0. The van der Waals surface area contributed by atoms with Crippen LogP contribution < -0.4 is 0 Å². The number of pyridine rings is 1. The predicted molar refractivity (Wildman–Crippen MR) is 188 cm³/mol. The van der Waals surface area contributed by atoms with E-state index in [1.807, 2.05) is 72.9 Å². The molecule has 8 rings (SSSR count). The highest BCUT2D eigenvalue weighted by atomic mass is 15.0. The number of nitrogens with zero attached hydrogens (tertiary/aromatic N) is 4. The standard InChI is InChI=1S/C42H28N4/c1-3-12-30(13-4-1)40-44-41(31-14-5-2-6-15-31)46-42(45-40)39-26-37(34-18-9-17-33(24-34)36-19-10-22-43-28-36)25-38(27-39)35-21-20-29-11-7-8-16-32(29)23-35/h1-28H. The third-order valence-electron chi connectivity index (χ3n) is 8.16. The molecule has 8 aromatic rings. The molecule has 4 nitrogen and oxygen atoms in total. The van der Waals surface area contributed by atoms with Gasteiger partial charge in [0.2, 0.25) is 0 Å². The Kier molecular flexibility index (Phi) is 7.14. The molecule has 4 heteroatoms. The van der Waals surface area contributed by atoms with Crippen LogP contribution in [0, 0.1) is 0 Å². The maximum Gasteiger partial charge on any atom is 0.164 e. The molecule has 0 amide bonds. The Hall–Kier alpha value is -6.26. The molecule has 0 fully saturated rings. The van der Waals surface area contributed by atoms with Crippen molar-refractivity contribution in [1.82, 2.24) is 19.9 Å². The molecule has 0 spiro atoms. The van der Waals surface area contributed by atoms with Gasteiger partial charge in [-0.05, 0) is 75.0 Å². The molecule has 46 heavy (non-hydrogen) atoms. The summed E-state index contributed by atoms with van der Waals surface area (Å²) < 4.78 is 0. The maximum absolute atomic E-state index is 5.05. The fourth-order valence-corrected chi connectivity index (χ4v) is 5.81. The molecule has 2 aromatic heterocycles. The van der Waals surface area contributed by atoms with Crippen LogP contribution in [-0.4, -0.2) is 19.9 Å². The zero-order valence-corrected chi connectivity index (χ0v) is 25.0. The largest absolute Gasteiger partial charge is 0.264 e. The Morgan fingerprint density at radius 3 is 1.39 bits per heavy atom. The fourth-order valence-electron chi connectivity index (χ4n) is 5.81. The summed E-state index contributed by atoms with van der Waals surface area (Å²) in [7, 11) is 0. The van der Waals surface area contributed by atoms with E-state index >= 15 is 0 Å². The lowest BCUT2D eigenvalue weighted by atomic mass is 9.93. The summed E-state index contributed by atoms with van der Waals surface area (Å²) in [6.07, 6.45) is 3.70. The van der Waals surface area contributed by atoms with Gasteiger partial charge in [0.15, 0.2) is 17.5 Å². The van der Waals surface area contributed by atoms with Crippen molar-refractivity contribution in [2.75, 3.05) is 0 Å². The van der Waals surface area contributed by atoms with Gasteiger partial charge in [-0.1, -0.05) is 121 Å². The van der Waals surface area contributed by atoms with E-state index in [2.05, 4.69) is 96.0 Å². The van der Waals surface area contributed by atoms with Crippen LogP contribution in [0.3, 0.4) is 0 Å². The average Bonchev–Trinajstić information content (AvgIpc) is 3.15. The Labute approximate surface area is 267 Å². The van der Waals surface area contributed by atoms with Gasteiger partial charge < -0.3 is 0 Å². The van der Waals surface area contributed by atoms with Crippen LogP contribution in [0.2, 0.25) is 0 Å². The van der Waals surface area contributed by atoms with Gasteiger partial charge in [0.25, 0.3) is 0 Å². The number of aromatic nitrogens is 4. The summed E-state index contributed by atoms with van der Waals surface area (Å²) in [5.41, 5.74) is 9.40. The second-order valence-electron chi connectivity index (χ2n) is 11.2. The molecule has 0 radical (unpaired) electrons. The van der Waals surface area contributed by atoms with Crippen molar-refractivity contribution >= 4 is 10.8 Å². The van der Waals surface area contributed by atoms with E-state index in [0.29, 0.717) is 17.5 Å². The first-order valence-corrected chi connectivity index (χ1v) is 15.3. The lowest BCUT2D eigenvalue weighted by Gasteiger charge is -2.13. The third kappa shape index (κ3) is 5.56. The summed E-state index contributed by atoms with van der Waals surface area (Å²) in [4.78, 5) is 19.4. The summed E-state index contributed by atoms with van der Waals surface area (Å²) in [6.45, 7) is 0. The second-order valence-corrected chi connectivity index (χ2v) is 11.2. The molecule has 0 atom stereocenters. The fraction of sp³-hybridized carbons (Fsp3) is 0. The Balaban J connectivity index is 1.34. The van der Waals surface area contributed by atoms with Gasteiger partial charge in [-0.2, -0.15) is 0 Å². The van der Waals surface area contributed by atoms with Gasteiger partial charge in [-0.25, -0.2) is 15.0 Å². The van der Waals surface area contributed by atoms with E-state index in [4.69, 9.17) is 15.0 Å². The first-order chi connectivity index (χ1) is 22.8. The molecular formula is C42H28N4. The molecule has 0 aliphatic rings. The van der Waals surface area contributed by atoms with Crippen LogP contribution in [0.1, 0.15) is 0 Å². The van der Waals surface area contributed by atoms with Crippen molar-refractivity contribution in [2.45, 2.75) is 0 Å². The van der Waals surface area contributed by atoms with Gasteiger partial charge in [0.1, 0.15) is 0 Å². The van der Waals surface area contributed by atoms with Gasteiger partial charge in [-0.3, -0.25) is 4.98 Å². The first kappa shape index (κ1) is 27.3. The van der Waals surface area contributed by atoms with Crippen molar-refractivity contribution in [1.29, 1.82) is 0 Å². The molecule has 0 aliphatic heterocycles. The van der Waals surface area contributed by atoms with Gasteiger partial charge in [-0.15, -0.1) is 0 Å². The van der Waals surface area contributed by atoms with E-state index in [1.54, 1.807) is 6.20 Å². The molecule has 0 N–H and O–H groups in total. The monoisotopic (exact) mass is 588 g/mol. The zero-order chi connectivity index (χ0) is 30.7. The van der Waals surface area contributed by atoms with E-state index in [0.717, 1.165) is 50.1 Å². The third-order valence-corrected chi connectivity index (χ3v) is 8.16. The first-order valence-electron chi connectivity index (χ1n) is 15.3. The summed E-state index contributed by atoms with van der Waals surface area (Å²) in [6, 6.07) is 54.6. The topological polar surface area (TPSA) is 51.6 Å². The van der Waals surface area contributed by atoms with Crippen molar-refractivity contribution < 1.29 is 0 Å². The van der Waals surface area contributed by atoms with E-state index in [-0.39, 0.29) is 0 Å². The minimum absolute atomic E-state index is 0.625. The lowest BCUT2D eigenvalue weighted by Crippen LogP contribution is -2.00. The lowest BCUT2D eigenvalue weighted by molar-refractivity contribution is 1.07. The number of hydrogen-bond acceptors (Lipinski definition) is 4. The molecule has 0 saturated carbocycles. The molecule has 0 unspecified atom stereocenters. The zero-order valence-electron chi connectivity index (χ0n) is 25.0. The van der Waals surface area contributed by atoms with Crippen molar-refractivity contribution in [3.8, 4) is 67.5 Å². The maximum atomic E-state index is 5.05. The summed E-state index contributed by atoms with van der Waals surface area (Å²) in [5.74, 6) is 1.90. The minimum atomic E-state index is 0.625. The van der Waals surface area contributed by atoms with Crippen molar-refractivity contribution in [3.05, 3.63) is 170 Å². The highest BCUT2D eigenvalue weighted by Gasteiger charge is 2.15. The second kappa shape index (κ2) is 12.0. The van der Waals surface area contributed by atoms with Crippen LogP contribution in [0.5, 0.6) is 0 Å². The van der Waals surface area contributed by atoms with Gasteiger partial charge in [0, 0.05) is 34.6 Å². The van der Waals surface area contributed by atoms with Crippen LogP contribution >= 0.6 is 0 Å². The van der Waals surface area contributed by atoms with Crippen LogP contribution in [-0.2, 0) is 0 Å². The Bertz CT molecular complexity index is 2240. The number of rotatable bonds is 6. The van der Waals surface area contributed by atoms with E-state index in [1.165, 1.54) is 10.8 Å². The van der Waals surface area contributed by atoms with Gasteiger partial charge in [0.05, 0.1) is 0 Å². The highest BCUT2D eigenvalue weighted by molar-refractivity contribution is 5.89. The smallest absolute Gasteiger partial charge is 0.164 e. The molecule has 0 saturated heterocycles. The predicted octanol–water partition coefficient (Wildman–Crippen LogP) is 10.4. The Morgan fingerprint density at radius 1 is 0.283 bits per heavy atom. The highest BCUT2D eigenvalue weighted by Crippen LogP contribution is 2.35. The molecular weight excluding hydrogens is 560 g/mol. The van der Waals surface area contributed by atoms with Crippen LogP contribution in [0.25, 0.3) is 78.3 Å². The normalized spacial score (nSPS) is 11.0. The SMILES string of the molecule is c1ccc(-c2nc(-c3ccccc3)nc(-c3cc(-c4cccc(-c5cccnc5)c4)cc(-c4ccc5ccccc5c4)c3)n2)cc1. The van der Waals surface area contributed by atoms with Crippen molar-refractivity contribution in [3.63, 3.8) is 0 Å². The minimum Gasteiger partial charge on any atom is -0.264 e. The number of hydrogen-bond donors (Lipinski definition) is 0. The number of benzene rings is 6. The van der Waals surface area contributed by atoms with Crippen LogP contribution in [0.15, 0.2) is 170 Å². The van der Waals surface area contributed by atoms with E-state index < -0.39 is 0 Å². The molecule has 0 aliphatic carbocycles. The number of fused-ring (bicyclic) bond motifs is 1. The molecule has 216 valence electrons. The molecule has 6 aromatic carbocycles.